The third-order valence-corrected chi connectivity index (χ3v) is 9.67. The number of carboxylic acid groups (broad SMARTS) is 2. The lowest BCUT2D eigenvalue weighted by Crippen LogP contribution is -2.60. The molecule has 3 rings (SSSR count). The second-order valence-electron chi connectivity index (χ2n) is 13.8. The number of hydrogen-bond acceptors (Lipinski definition) is 9. The molecule has 2 heterocycles. The number of nitrogens with zero attached hydrogens (tertiary/aromatic N) is 2. The van der Waals surface area contributed by atoms with E-state index in [-0.39, 0.29) is 37.5 Å². The predicted molar refractivity (Wildman–Crippen MR) is 184 cm³/mol. The smallest absolute Gasteiger partial charge is 0.326 e. The van der Waals surface area contributed by atoms with E-state index in [0.717, 1.165) is 5.56 Å². The average Bonchev–Trinajstić information content (AvgIpc) is 3.78. The summed E-state index contributed by atoms with van der Waals surface area (Å²) >= 11 is 0. The van der Waals surface area contributed by atoms with Gasteiger partial charge in [-0.2, -0.15) is 0 Å². The Balaban J connectivity index is 1.72. The number of carbonyl (C=O) groups excluding carboxylic acids is 5. The van der Waals surface area contributed by atoms with Crippen molar-refractivity contribution in [3.05, 3.63) is 29.8 Å². The normalized spacial score (nSPS) is 20.2. The largest absolute Gasteiger partial charge is 0.508 e. The summed E-state index contributed by atoms with van der Waals surface area (Å²) in [6, 6.07) is -0.263. The monoisotopic (exact) mass is 716 g/mol. The molecule has 0 saturated carbocycles. The van der Waals surface area contributed by atoms with E-state index in [4.69, 9.17) is 5.73 Å². The standard InChI is InChI=1S/C35H52N6O10/c1-5-20(4)29(35(50)51)39-31(46)26-9-7-17-41(26)34(49)24(14-15-27(43)44)37-32(47)28(19(2)3)38-30(45)25-8-6-16-40(25)33(48)23(36)18-21-10-12-22(42)13-11-21/h10-13,19-20,23-26,28-29,42H,5-9,14-18,36H2,1-4H3,(H,37,47)(H,38,45)(H,39,46)(H,43,44)(H,50,51)/t20-,23+,24+,25+,26+,28-,29-/m0/s1. The van der Waals surface area contributed by atoms with Crippen molar-refractivity contribution < 1.29 is 48.9 Å². The maximum Gasteiger partial charge on any atom is 0.326 e. The minimum absolute atomic E-state index is 0.0760. The average molecular weight is 717 g/mol. The minimum atomic E-state index is -1.35. The van der Waals surface area contributed by atoms with Crippen LogP contribution in [0.25, 0.3) is 0 Å². The van der Waals surface area contributed by atoms with Gasteiger partial charge in [0.05, 0.1) is 6.04 Å². The van der Waals surface area contributed by atoms with Gasteiger partial charge in [0, 0.05) is 19.5 Å². The van der Waals surface area contributed by atoms with E-state index >= 15 is 0 Å². The van der Waals surface area contributed by atoms with Crippen molar-refractivity contribution in [1.29, 1.82) is 0 Å². The van der Waals surface area contributed by atoms with Crippen LogP contribution in [-0.4, -0.2) is 116 Å². The van der Waals surface area contributed by atoms with Gasteiger partial charge in [0.2, 0.25) is 29.5 Å². The minimum Gasteiger partial charge on any atom is -0.508 e. The van der Waals surface area contributed by atoms with Crippen molar-refractivity contribution in [3.63, 3.8) is 0 Å². The number of hydrogen-bond donors (Lipinski definition) is 7. The molecule has 0 aromatic heterocycles. The molecule has 2 aliphatic heterocycles. The lowest BCUT2D eigenvalue weighted by atomic mass is 9.98. The number of nitrogens with two attached hydrogens (primary N) is 1. The van der Waals surface area contributed by atoms with Gasteiger partial charge in [0.1, 0.15) is 36.0 Å². The number of carboxylic acids is 2. The van der Waals surface area contributed by atoms with Crippen LogP contribution in [0.1, 0.15) is 78.2 Å². The molecular weight excluding hydrogens is 664 g/mol. The lowest BCUT2D eigenvalue weighted by molar-refractivity contribution is -0.146. The van der Waals surface area contributed by atoms with Gasteiger partial charge < -0.3 is 46.8 Å². The summed E-state index contributed by atoms with van der Waals surface area (Å²) in [4.78, 5) is 93.6. The van der Waals surface area contributed by atoms with Crippen LogP contribution in [0.4, 0.5) is 0 Å². The molecule has 7 atom stereocenters. The van der Waals surface area contributed by atoms with E-state index in [9.17, 15) is 48.9 Å². The molecular formula is C35H52N6O10. The summed E-state index contributed by atoms with van der Waals surface area (Å²) in [7, 11) is 0. The number of rotatable bonds is 17. The summed E-state index contributed by atoms with van der Waals surface area (Å²) in [6.45, 7) is 7.28. The van der Waals surface area contributed by atoms with E-state index in [1.165, 1.54) is 21.9 Å². The topological polar surface area (TPSA) is 249 Å². The van der Waals surface area contributed by atoms with Crippen molar-refractivity contribution in [3.8, 4) is 5.75 Å². The van der Waals surface area contributed by atoms with Crippen LogP contribution in [0.15, 0.2) is 24.3 Å². The SMILES string of the molecule is CC[C@H](C)[C@H](NC(=O)[C@H]1CCCN1C(=O)[C@@H](CCC(=O)O)NC(=O)[C@@H](NC(=O)[C@H]1CCCN1C(=O)[C@H](N)Cc1ccc(O)cc1)C(C)C)C(=O)O. The number of aliphatic carboxylic acids is 2. The highest BCUT2D eigenvalue weighted by Gasteiger charge is 2.41. The van der Waals surface area contributed by atoms with Crippen molar-refractivity contribution >= 4 is 41.5 Å². The summed E-state index contributed by atoms with van der Waals surface area (Å²) in [5.41, 5.74) is 6.95. The number of amides is 5. The van der Waals surface area contributed by atoms with Crippen LogP contribution in [0.2, 0.25) is 0 Å². The van der Waals surface area contributed by atoms with Gasteiger partial charge in [-0.3, -0.25) is 28.8 Å². The van der Waals surface area contributed by atoms with Gasteiger partial charge in [0.25, 0.3) is 0 Å². The lowest BCUT2D eigenvalue weighted by Gasteiger charge is -2.32. The molecule has 2 saturated heterocycles. The Labute approximate surface area is 297 Å². The molecule has 16 nitrogen and oxygen atoms in total. The molecule has 282 valence electrons. The summed E-state index contributed by atoms with van der Waals surface area (Å²) in [5.74, 6) is -6.30. The van der Waals surface area contributed by atoms with Gasteiger partial charge in [-0.25, -0.2) is 4.79 Å². The molecule has 2 fully saturated rings. The van der Waals surface area contributed by atoms with Crippen LogP contribution in [0.5, 0.6) is 5.75 Å². The van der Waals surface area contributed by atoms with Gasteiger partial charge >= 0.3 is 11.9 Å². The molecule has 1 aromatic rings. The van der Waals surface area contributed by atoms with Gasteiger partial charge in [-0.15, -0.1) is 0 Å². The molecule has 16 heteroatoms. The molecule has 8 N–H and O–H groups in total. The van der Waals surface area contributed by atoms with Gasteiger partial charge in [-0.05, 0) is 68.1 Å². The molecule has 2 aliphatic rings. The molecule has 0 spiro atoms. The Bertz CT molecular complexity index is 1440. The predicted octanol–water partition coefficient (Wildman–Crippen LogP) is 0.350. The van der Waals surface area contributed by atoms with Crippen LogP contribution in [0, 0.1) is 11.8 Å². The second-order valence-corrected chi connectivity index (χ2v) is 13.8. The number of aromatic hydroxyl groups is 1. The first-order chi connectivity index (χ1) is 24.0. The number of phenolic OH excluding ortho intramolecular Hbond substituents is 1. The van der Waals surface area contributed by atoms with Crippen molar-refractivity contribution in [2.45, 2.75) is 115 Å². The Morgan fingerprint density at radius 2 is 1.35 bits per heavy atom. The highest BCUT2D eigenvalue weighted by atomic mass is 16.4. The first-order valence-electron chi connectivity index (χ1n) is 17.6. The summed E-state index contributed by atoms with van der Waals surface area (Å²) in [5, 5.41) is 36.4. The van der Waals surface area contributed by atoms with Crippen LogP contribution in [-0.2, 0) is 40.0 Å². The van der Waals surface area contributed by atoms with Crippen molar-refractivity contribution in [2.24, 2.45) is 17.6 Å². The molecule has 1 aromatic carbocycles. The maximum absolute atomic E-state index is 13.8. The fraction of sp³-hybridized carbons (Fsp3) is 0.629. The second kappa shape index (κ2) is 18.5. The number of phenols is 1. The quantitative estimate of drug-likeness (QED) is 0.116. The molecule has 0 aliphatic carbocycles. The van der Waals surface area contributed by atoms with E-state index in [1.807, 2.05) is 0 Å². The molecule has 0 unspecified atom stereocenters. The molecule has 5 amide bonds. The first kappa shape index (κ1) is 40.7. The summed E-state index contributed by atoms with van der Waals surface area (Å²) in [6.07, 6.45) is 1.48. The molecule has 0 radical (unpaired) electrons. The van der Waals surface area contributed by atoms with Crippen LogP contribution < -0.4 is 21.7 Å². The highest BCUT2D eigenvalue weighted by Crippen LogP contribution is 2.23. The maximum atomic E-state index is 13.8. The zero-order chi connectivity index (χ0) is 38.0. The number of likely N-dealkylation sites (tertiary alicyclic amines) is 2. The van der Waals surface area contributed by atoms with Gasteiger partial charge in [-0.1, -0.05) is 46.2 Å². The zero-order valence-corrected chi connectivity index (χ0v) is 29.7. The van der Waals surface area contributed by atoms with E-state index in [2.05, 4.69) is 16.0 Å². The Kier molecular flexibility index (Phi) is 14.8. The highest BCUT2D eigenvalue weighted by molar-refractivity contribution is 5.97. The third kappa shape index (κ3) is 10.9. The first-order valence-corrected chi connectivity index (χ1v) is 17.6. The van der Waals surface area contributed by atoms with E-state index in [1.54, 1.807) is 39.8 Å². The number of benzene rings is 1. The van der Waals surface area contributed by atoms with Gasteiger partial charge in [0.15, 0.2) is 0 Å². The molecule has 51 heavy (non-hydrogen) atoms. The number of carbonyl (C=O) groups is 7. The Morgan fingerprint density at radius 1 is 0.824 bits per heavy atom. The molecule has 0 bridgehead atoms. The summed E-state index contributed by atoms with van der Waals surface area (Å²) < 4.78 is 0. The van der Waals surface area contributed by atoms with Crippen molar-refractivity contribution in [2.75, 3.05) is 13.1 Å². The van der Waals surface area contributed by atoms with E-state index in [0.29, 0.717) is 32.2 Å². The third-order valence-electron chi connectivity index (χ3n) is 9.67. The number of nitrogens with one attached hydrogen (secondary N) is 3. The van der Waals surface area contributed by atoms with Crippen LogP contribution >= 0.6 is 0 Å². The Morgan fingerprint density at radius 3 is 1.84 bits per heavy atom. The fourth-order valence-corrected chi connectivity index (χ4v) is 6.50. The fourth-order valence-electron chi connectivity index (χ4n) is 6.50. The van der Waals surface area contributed by atoms with E-state index < -0.39 is 90.1 Å². The van der Waals surface area contributed by atoms with Crippen molar-refractivity contribution in [1.82, 2.24) is 25.8 Å². The Hall–Kier alpha value is -4.73. The zero-order valence-electron chi connectivity index (χ0n) is 29.7. The van der Waals surface area contributed by atoms with Crippen LogP contribution in [0.3, 0.4) is 0 Å².